The number of nitrogens with one attached hydrogen (secondary N) is 2. The molecule has 0 radical (unpaired) electrons. The average Bonchev–Trinajstić information content (AvgIpc) is 3.03. The molecule has 1 aliphatic rings. The molecule has 2 atom stereocenters. The lowest BCUT2D eigenvalue weighted by Gasteiger charge is -2.28. The van der Waals surface area contributed by atoms with Gasteiger partial charge >= 0.3 is 0 Å². The zero-order valence-electron chi connectivity index (χ0n) is 14.1. The monoisotopic (exact) mass is 451 g/mol. The molecule has 0 saturated carbocycles. The number of fused-ring (bicyclic) bond motifs is 1. The van der Waals surface area contributed by atoms with Crippen LogP contribution in [0.2, 0.25) is 0 Å². The van der Waals surface area contributed by atoms with Gasteiger partial charge in [0.2, 0.25) is 0 Å². The van der Waals surface area contributed by atoms with Crippen molar-refractivity contribution in [3.05, 3.63) is 58.8 Å². The highest BCUT2D eigenvalue weighted by molar-refractivity contribution is 14.1. The highest BCUT2D eigenvalue weighted by Gasteiger charge is 2.23. The third-order valence-electron chi connectivity index (χ3n) is 4.39. The highest BCUT2D eigenvalue weighted by atomic mass is 127. The largest absolute Gasteiger partial charge is 0.388 e. The van der Waals surface area contributed by atoms with Crippen LogP contribution in [-0.4, -0.2) is 24.6 Å². The lowest BCUT2D eigenvalue weighted by Crippen LogP contribution is -2.39. The van der Waals surface area contributed by atoms with Gasteiger partial charge in [-0.15, -0.1) is 11.3 Å². The molecule has 2 aromatic rings. The summed E-state index contributed by atoms with van der Waals surface area (Å²) in [7, 11) is 3.95. The van der Waals surface area contributed by atoms with Gasteiger partial charge in [0.1, 0.15) is 5.01 Å². The van der Waals surface area contributed by atoms with Crippen molar-refractivity contribution in [3.63, 3.8) is 0 Å². The first kappa shape index (κ1) is 17.6. The summed E-state index contributed by atoms with van der Waals surface area (Å²) in [5.41, 5.74) is 3.47. The Kier molecular flexibility index (Phi) is 5.42. The number of allylic oxidation sites excluding steroid dienone is 1. The Morgan fingerprint density at radius 1 is 1.38 bits per heavy atom. The van der Waals surface area contributed by atoms with Gasteiger partial charge in [0.05, 0.1) is 15.8 Å². The molecule has 0 fully saturated rings. The van der Waals surface area contributed by atoms with Crippen molar-refractivity contribution in [1.29, 1.82) is 0 Å². The van der Waals surface area contributed by atoms with Crippen LogP contribution in [0.25, 0.3) is 16.3 Å². The number of hydrogen-bond donors (Lipinski definition) is 2. The molecular formula is C19H22IN3S. The van der Waals surface area contributed by atoms with Gasteiger partial charge in [-0.25, -0.2) is 4.98 Å². The van der Waals surface area contributed by atoms with Crippen molar-refractivity contribution in [2.45, 2.75) is 22.8 Å². The Balaban J connectivity index is 1.89. The molecule has 0 spiro atoms. The van der Waals surface area contributed by atoms with Crippen molar-refractivity contribution in [2.24, 2.45) is 0 Å². The summed E-state index contributed by atoms with van der Waals surface area (Å²) in [6.07, 6.45) is 11.8. The van der Waals surface area contributed by atoms with Crippen LogP contribution in [-0.2, 0) is 0 Å². The number of para-hydroxylation sites is 1. The first-order valence-corrected chi connectivity index (χ1v) is 10.1. The fourth-order valence-corrected chi connectivity index (χ4v) is 4.24. The maximum atomic E-state index is 4.86. The lowest BCUT2D eigenvalue weighted by atomic mass is 9.90. The van der Waals surface area contributed by atoms with Gasteiger partial charge in [-0.3, -0.25) is 0 Å². The molecule has 0 amide bonds. The number of alkyl halides is 1. The van der Waals surface area contributed by atoms with E-state index in [2.05, 4.69) is 88.7 Å². The van der Waals surface area contributed by atoms with E-state index >= 15 is 0 Å². The maximum Gasteiger partial charge on any atom is 0.117 e. The number of hydrogen-bond acceptors (Lipinski definition) is 4. The predicted molar refractivity (Wildman–Crippen MR) is 114 cm³/mol. The van der Waals surface area contributed by atoms with E-state index < -0.39 is 0 Å². The second-order valence-electron chi connectivity index (χ2n) is 5.93. The van der Waals surface area contributed by atoms with Gasteiger partial charge in [-0.1, -0.05) is 53.0 Å². The zero-order chi connectivity index (χ0) is 17.2. The van der Waals surface area contributed by atoms with Gasteiger partial charge in [0.25, 0.3) is 0 Å². The molecule has 24 heavy (non-hydrogen) atoms. The van der Waals surface area contributed by atoms with Gasteiger partial charge < -0.3 is 10.6 Å². The first-order valence-electron chi connectivity index (χ1n) is 8.06. The number of benzene rings is 1. The highest BCUT2D eigenvalue weighted by Crippen LogP contribution is 2.33. The van der Waals surface area contributed by atoms with Crippen LogP contribution < -0.4 is 10.6 Å². The van der Waals surface area contributed by atoms with Crippen molar-refractivity contribution >= 4 is 50.2 Å². The molecule has 3 rings (SSSR count). The third-order valence-corrected chi connectivity index (χ3v) is 6.05. The molecule has 2 unspecified atom stereocenters. The van der Waals surface area contributed by atoms with Crippen molar-refractivity contribution in [2.75, 3.05) is 14.1 Å². The van der Waals surface area contributed by atoms with Gasteiger partial charge in [0.15, 0.2) is 0 Å². The van der Waals surface area contributed by atoms with E-state index in [1.807, 2.05) is 14.1 Å². The van der Waals surface area contributed by atoms with E-state index in [1.54, 1.807) is 11.3 Å². The topological polar surface area (TPSA) is 37.0 Å². The second kappa shape index (κ2) is 7.37. The minimum atomic E-state index is -0.141. The van der Waals surface area contributed by atoms with Crippen LogP contribution in [0.1, 0.15) is 27.8 Å². The Morgan fingerprint density at radius 3 is 2.83 bits per heavy atom. The molecule has 0 bridgehead atoms. The summed E-state index contributed by atoms with van der Waals surface area (Å²) in [5.74, 6) is 0. The molecule has 5 heteroatoms. The number of likely N-dealkylation sites (N-methyl/N-ethyl adjacent to an activating group) is 2. The molecule has 1 aromatic carbocycles. The maximum absolute atomic E-state index is 4.86. The minimum absolute atomic E-state index is 0.141. The van der Waals surface area contributed by atoms with Crippen LogP contribution in [0, 0.1) is 0 Å². The quantitative estimate of drug-likeness (QED) is 0.505. The van der Waals surface area contributed by atoms with Gasteiger partial charge in [-0.2, -0.15) is 0 Å². The van der Waals surface area contributed by atoms with Crippen LogP contribution >= 0.6 is 33.9 Å². The standard InChI is InChI=1S/C19H22IN3S/c1-13(20)15-5-4-6-16-18(15)23-17(24-16)9-12-19(22-3)10-7-14(21-2)8-11-19/h4-10,12-13,21-22H,11H2,1-3H3. The van der Waals surface area contributed by atoms with Crippen molar-refractivity contribution < 1.29 is 0 Å². The second-order valence-corrected chi connectivity index (χ2v) is 8.86. The van der Waals surface area contributed by atoms with Crippen molar-refractivity contribution in [3.8, 4) is 0 Å². The van der Waals surface area contributed by atoms with Crippen LogP contribution in [0.15, 0.2) is 48.2 Å². The van der Waals surface area contributed by atoms with Crippen molar-refractivity contribution in [1.82, 2.24) is 15.6 Å². The molecular weight excluding hydrogens is 429 g/mol. The number of thiazole rings is 1. The molecule has 1 aromatic heterocycles. The summed E-state index contributed by atoms with van der Waals surface area (Å²) in [4.78, 5) is 4.86. The number of nitrogens with zero attached hydrogens (tertiary/aromatic N) is 1. The zero-order valence-corrected chi connectivity index (χ0v) is 17.1. The lowest BCUT2D eigenvalue weighted by molar-refractivity contribution is 0.536. The molecule has 1 aliphatic carbocycles. The summed E-state index contributed by atoms with van der Waals surface area (Å²) >= 11 is 4.20. The third kappa shape index (κ3) is 3.58. The summed E-state index contributed by atoms with van der Waals surface area (Å²) in [6, 6.07) is 6.46. The molecule has 126 valence electrons. The van der Waals surface area contributed by atoms with Crippen LogP contribution in [0.3, 0.4) is 0 Å². The van der Waals surface area contributed by atoms with E-state index in [1.165, 1.54) is 10.3 Å². The average molecular weight is 451 g/mol. The van der Waals surface area contributed by atoms with E-state index in [4.69, 9.17) is 4.98 Å². The predicted octanol–water partition coefficient (Wildman–Crippen LogP) is 4.83. The molecule has 2 N–H and O–H groups in total. The van der Waals surface area contributed by atoms with E-state index in [0.29, 0.717) is 3.92 Å². The Hall–Kier alpha value is -1.18. The fraction of sp³-hybridized carbons (Fsp3) is 0.316. The molecule has 1 heterocycles. The van der Waals surface area contributed by atoms with Gasteiger partial charge in [-0.05, 0) is 44.2 Å². The van der Waals surface area contributed by atoms with E-state index in [-0.39, 0.29) is 5.54 Å². The minimum Gasteiger partial charge on any atom is -0.388 e. The van der Waals surface area contributed by atoms with Gasteiger partial charge in [0, 0.05) is 16.7 Å². The Bertz CT molecular complexity index is 819. The number of halogens is 1. The number of aromatic nitrogens is 1. The molecule has 3 nitrogen and oxygen atoms in total. The summed E-state index contributed by atoms with van der Waals surface area (Å²) < 4.78 is 1.71. The summed E-state index contributed by atoms with van der Waals surface area (Å²) in [5, 5.41) is 7.67. The fourth-order valence-electron chi connectivity index (χ4n) is 2.83. The molecule has 0 saturated heterocycles. The normalized spacial score (nSPS) is 22.1. The van der Waals surface area contributed by atoms with E-state index in [9.17, 15) is 0 Å². The molecule has 0 aliphatic heterocycles. The smallest absolute Gasteiger partial charge is 0.117 e. The van der Waals surface area contributed by atoms with Crippen LogP contribution in [0.5, 0.6) is 0 Å². The summed E-state index contributed by atoms with van der Waals surface area (Å²) in [6.45, 7) is 2.21. The van der Waals surface area contributed by atoms with E-state index in [0.717, 1.165) is 22.6 Å². The Labute approximate surface area is 161 Å². The SMILES string of the molecule is CNC1=CCC(C=Cc2nc3c(C(C)I)cccc3s2)(NC)C=C1. The van der Waals surface area contributed by atoms with Crippen LogP contribution in [0.4, 0.5) is 0 Å². The Morgan fingerprint density at radius 2 is 2.21 bits per heavy atom. The number of rotatable bonds is 5. The first-order chi connectivity index (χ1) is 11.6.